The molecule has 1 atom stereocenters. The summed E-state index contributed by atoms with van der Waals surface area (Å²) in [4.78, 5) is 0. The maximum absolute atomic E-state index is 5.91. The molecule has 2 heterocycles. The van der Waals surface area contributed by atoms with Crippen LogP contribution in [-0.2, 0) is 6.54 Å². The first-order valence-electron chi connectivity index (χ1n) is 4.77. The Morgan fingerprint density at radius 3 is 3.23 bits per heavy atom. The average Bonchev–Trinajstić information content (AvgIpc) is 2.72. The third kappa shape index (κ3) is 2.23. The number of halogens is 1. The quantitative estimate of drug-likeness (QED) is 0.803. The molecule has 3 nitrogen and oxygen atoms in total. The van der Waals surface area contributed by atoms with Crippen molar-refractivity contribution in [1.29, 1.82) is 0 Å². The lowest BCUT2D eigenvalue weighted by Crippen LogP contribution is -2.23. The second-order valence-corrected chi connectivity index (χ2v) is 3.85. The van der Waals surface area contributed by atoms with Crippen molar-refractivity contribution in [1.82, 2.24) is 15.1 Å². The molecule has 2 rings (SSSR count). The highest BCUT2D eigenvalue weighted by atomic mass is 35.5. The van der Waals surface area contributed by atoms with E-state index in [1.54, 1.807) is 6.20 Å². The number of rotatable bonds is 3. The molecule has 72 valence electrons. The van der Waals surface area contributed by atoms with Gasteiger partial charge in [-0.05, 0) is 31.9 Å². The Hall–Kier alpha value is -0.540. The first kappa shape index (κ1) is 9.03. The molecule has 1 unspecified atom stereocenters. The number of nitrogens with zero attached hydrogens (tertiary/aromatic N) is 2. The van der Waals surface area contributed by atoms with Gasteiger partial charge in [0.05, 0.1) is 6.20 Å². The third-order valence-corrected chi connectivity index (χ3v) is 2.84. The highest BCUT2D eigenvalue weighted by molar-refractivity contribution is 6.29. The van der Waals surface area contributed by atoms with Gasteiger partial charge in [0, 0.05) is 12.6 Å². The summed E-state index contributed by atoms with van der Waals surface area (Å²) < 4.78 is 1.85. The maximum Gasteiger partial charge on any atom is 0.127 e. The van der Waals surface area contributed by atoms with E-state index in [1.165, 1.54) is 12.8 Å². The van der Waals surface area contributed by atoms with Crippen LogP contribution in [0.2, 0.25) is 5.15 Å². The molecule has 4 heteroatoms. The molecule has 0 aromatic carbocycles. The smallest absolute Gasteiger partial charge is 0.127 e. The number of nitrogens with one attached hydrogen (secondary N) is 1. The summed E-state index contributed by atoms with van der Waals surface area (Å²) in [6.45, 7) is 2.08. The highest BCUT2D eigenvalue weighted by Gasteiger charge is 2.13. The van der Waals surface area contributed by atoms with E-state index in [0.29, 0.717) is 6.04 Å². The Bertz CT molecular complexity index is 266. The van der Waals surface area contributed by atoms with Crippen molar-refractivity contribution < 1.29 is 0 Å². The zero-order chi connectivity index (χ0) is 9.10. The first-order valence-corrected chi connectivity index (χ1v) is 5.15. The van der Waals surface area contributed by atoms with Crippen molar-refractivity contribution in [3.05, 3.63) is 17.4 Å². The van der Waals surface area contributed by atoms with E-state index in [1.807, 2.05) is 10.7 Å². The molecule has 13 heavy (non-hydrogen) atoms. The monoisotopic (exact) mass is 199 g/mol. The van der Waals surface area contributed by atoms with Crippen LogP contribution in [0.3, 0.4) is 0 Å². The Kier molecular flexibility index (Phi) is 2.86. The Labute approximate surface area is 83.1 Å². The van der Waals surface area contributed by atoms with E-state index < -0.39 is 0 Å². The summed E-state index contributed by atoms with van der Waals surface area (Å²) in [6.07, 6.45) is 5.46. The lowest BCUT2D eigenvalue weighted by molar-refractivity contribution is 0.481. The molecule has 0 amide bonds. The number of aromatic nitrogens is 2. The normalized spacial score (nSPS) is 22.4. The molecule has 1 fully saturated rings. The van der Waals surface area contributed by atoms with Crippen LogP contribution >= 0.6 is 11.6 Å². The van der Waals surface area contributed by atoms with Gasteiger partial charge in [-0.3, -0.25) is 4.68 Å². The molecule has 0 saturated carbocycles. The Balaban J connectivity index is 1.82. The molecule has 1 aliphatic heterocycles. The summed E-state index contributed by atoms with van der Waals surface area (Å²) in [7, 11) is 0. The Morgan fingerprint density at radius 1 is 1.69 bits per heavy atom. The van der Waals surface area contributed by atoms with Crippen LogP contribution in [-0.4, -0.2) is 22.4 Å². The van der Waals surface area contributed by atoms with Gasteiger partial charge in [0.1, 0.15) is 5.15 Å². The zero-order valence-corrected chi connectivity index (χ0v) is 8.30. The summed E-state index contributed by atoms with van der Waals surface area (Å²) in [5.74, 6) is 0. The van der Waals surface area contributed by atoms with E-state index in [4.69, 9.17) is 11.6 Å². The molecule has 1 aromatic rings. The van der Waals surface area contributed by atoms with E-state index in [-0.39, 0.29) is 0 Å². The van der Waals surface area contributed by atoms with Gasteiger partial charge in [0.15, 0.2) is 0 Å². The standard InChI is InChI=1S/C9H14ClN3/c10-9-3-6-12-13(9)7-4-8-2-1-5-11-8/h3,6,8,11H,1-2,4-5,7H2. The van der Waals surface area contributed by atoms with Gasteiger partial charge >= 0.3 is 0 Å². The fourth-order valence-electron chi connectivity index (χ4n) is 1.76. The lowest BCUT2D eigenvalue weighted by atomic mass is 10.2. The molecular formula is C9H14ClN3. The van der Waals surface area contributed by atoms with E-state index in [9.17, 15) is 0 Å². The largest absolute Gasteiger partial charge is 0.314 e. The minimum absolute atomic E-state index is 0.667. The van der Waals surface area contributed by atoms with Crippen molar-refractivity contribution in [2.75, 3.05) is 6.54 Å². The predicted octanol–water partition coefficient (Wildman–Crippen LogP) is 1.68. The molecule has 1 aromatic heterocycles. The first-order chi connectivity index (χ1) is 6.36. The van der Waals surface area contributed by atoms with Gasteiger partial charge in [-0.15, -0.1) is 0 Å². The van der Waals surface area contributed by atoms with Gasteiger partial charge in [0.2, 0.25) is 0 Å². The highest BCUT2D eigenvalue weighted by Crippen LogP contribution is 2.12. The summed E-state index contributed by atoms with van der Waals surface area (Å²) >= 11 is 5.91. The van der Waals surface area contributed by atoms with E-state index in [2.05, 4.69) is 10.4 Å². The van der Waals surface area contributed by atoms with Crippen LogP contribution in [0.1, 0.15) is 19.3 Å². The molecule has 1 aliphatic rings. The molecule has 0 bridgehead atoms. The van der Waals surface area contributed by atoms with Crippen molar-refractivity contribution in [3.63, 3.8) is 0 Å². The maximum atomic E-state index is 5.91. The summed E-state index contributed by atoms with van der Waals surface area (Å²) in [6, 6.07) is 2.49. The summed E-state index contributed by atoms with van der Waals surface area (Å²) in [5.41, 5.74) is 0. The molecule has 0 spiro atoms. The minimum atomic E-state index is 0.667. The summed E-state index contributed by atoms with van der Waals surface area (Å²) in [5, 5.41) is 8.32. The number of hydrogen-bond acceptors (Lipinski definition) is 2. The second kappa shape index (κ2) is 4.11. The van der Waals surface area contributed by atoms with Crippen molar-refractivity contribution in [2.24, 2.45) is 0 Å². The van der Waals surface area contributed by atoms with E-state index >= 15 is 0 Å². The fraction of sp³-hybridized carbons (Fsp3) is 0.667. The number of aryl methyl sites for hydroxylation is 1. The zero-order valence-electron chi connectivity index (χ0n) is 7.54. The van der Waals surface area contributed by atoms with Crippen LogP contribution < -0.4 is 5.32 Å². The van der Waals surface area contributed by atoms with Gasteiger partial charge in [-0.25, -0.2) is 0 Å². The van der Waals surface area contributed by atoms with Crippen LogP contribution in [0.25, 0.3) is 0 Å². The molecule has 0 aliphatic carbocycles. The molecule has 1 saturated heterocycles. The van der Waals surface area contributed by atoms with Gasteiger partial charge in [-0.1, -0.05) is 11.6 Å². The Morgan fingerprint density at radius 2 is 2.62 bits per heavy atom. The lowest BCUT2D eigenvalue weighted by Gasteiger charge is -2.09. The van der Waals surface area contributed by atoms with Crippen molar-refractivity contribution in [3.8, 4) is 0 Å². The molecule has 0 radical (unpaired) electrons. The topological polar surface area (TPSA) is 29.9 Å². The molecule has 1 N–H and O–H groups in total. The van der Waals surface area contributed by atoms with Crippen LogP contribution in [0.5, 0.6) is 0 Å². The van der Waals surface area contributed by atoms with Crippen molar-refractivity contribution in [2.45, 2.75) is 31.8 Å². The van der Waals surface area contributed by atoms with Crippen LogP contribution in [0, 0.1) is 0 Å². The number of hydrogen-bond donors (Lipinski definition) is 1. The van der Waals surface area contributed by atoms with Gasteiger partial charge in [-0.2, -0.15) is 5.10 Å². The molecular weight excluding hydrogens is 186 g/mol. The van der Waals surface area contributed by atoms with Crippen LogP contribution in [0.15, 0.2) is 12.3 Å². The third-order valence-electron chi connectivity index (χ3n) is 2.52. The van der Waals surface area contributed by atoms with Gasteiger partial charge in [0.25, 0.3) is 0 Å². The van der Waals surface area contributed by atoms with Crippen LogP contribution in [0.4, 0.5) is 0 Å². The minimum Gasteiger partial charge on any atom is -0.314 e. The van der Waals surface area contributed by atoms with E-state index in [0.717, 1.165) is 24.7 Å². The SMILES string of the molecule is Clc1ccnn1CCC1CCCN1. The fourth-order valence-corrected chi connectivity index (χ4v) is 1.95. The predicted molar refractivity (Wildman–Crippen MR) is 52.9 cm³/mol. The average molecular weight is 200 g/mol. The second-order valence-electron chi connectivity index (χ2n) is 3.46. The van der Waals surface area contributed by atoms with Gasteiger partial charge < -0.3 is 5.32 Å². The van der Waals surface area contributed by atoms with Crippen molar-refractivity contribution >= 4 is 11.6 Å².